The minimum Gasteiger partial charge on any atom is -0.495 e. The summed E-state index contributed by atoms with van der Waals surface area (Å²) in [4.78, 5) is 12.4. The molecule has 0 saturated carbocycles. The van der Waals surface area contributed by atoms with Gasteiger partial charge in [-0.1, -0.05) is 6.92 Å². The van der Waals surface area contributed by atoms with E-state index in [4.69, 9.17) is 10.5 Å². The molecule has 0 aliphatic heterocycles. The Labute approximate surface area is 93.4 Å². The topological polar surface area (TPSA) is 64.3 Å². The van der Waals surface area contributed by atoms with Crippen molar-refractivity contribution in [2.24, 2.45) is 5.73 Å². The van der Waals surface area contributed by atoms with Gasteiger partial charge in [-0.2, -0.15) is 0 Å². The van der Waals surface area contributed by atoms with E-state index in [2.05, 4.69) is 5.32 Å². The van der Waals surface area contributed by atoms with Gasteiger partial charge in [0.15, 0.2) is 0 Å². The maximum atomic E-state index is 11.8. The average Bonchev–Trinajstić information content (AvgIpc) is 2.73. The second kappa shape index (κ2) is 5.72. The molecule has 0 radical (unpaired) electrons. The van der Waals surface area contributed by atoms with Crippen LogP contribution in [0.25, 0.3) is 0 Å². The molecule has 84 valence electrons. The number of ether oxygens (including phenoxy) is 1. The van der Waals surface area contributed by atoms with Crippen LogP contribution in [0.15, 0.2) is 11.4 Å². The van der Waals surface area contributed by atoms with Crippen molar-refractivity contribution < 1.29 is 9.53 Å². The third-order valence-corrected chi connectivity index (χ3v) is 3.06. The van der Waals surface area contributed by atoms with Crippen LogP contribution in [0.3, 0.4) is 0 Å². The van der Waals surface area contributed by atoms with Crippen LogP contribution in [0.5, 0.6) is 5.75 Å². The molecule has 0 aromatic carbocycles. The number of methoxy groups -OCH3 is 1. The van der Waals surface area contributed by atoms with Gasteiger partial charge in [0.25, 0.3) is 5.91 Å². The summed E-state index contributed by atoms with van der Waals surface area (Å²) in [5.41, 5.74) is 5.51. The van der Waals surface area contributed by atoms with Gasteiger partial charge in [-0.25, -0.2) is 0 Å². The minimum atomic E-state index is -0.112. The first-order valence-corrected chi connectivity index (χ1v) is 5.73. The number of hydrogen-bond donors (Lipinski definition) is 2. The first-order valence-electron chi connectivity index (χ1n) is 4.85. The van der Waals surface area contributed by atoms with Gasteiger partial charge < -0.3 is 15.8 Å². The standard InChI is InChI=1S/C10H16N2O2S/c1-3-7(6-11)12-10(13)9-8(14-2)4-5-15-9/h4-5,7H,3,6,11H2,1-2H3,(H,12,13). The van der Waals surface area contributed by atoms with Gasteiger partial charge in [-0.15, -0.1) is 11.3 Å². The van der Waals surface area contributed by atoms with E-state index >= 15 is 0 Å². The molecule has 1 rings (SSSR count). The molecule has 1 amide bonds. The van der Waals surface area contributed by atoms with Crippen molar-refractivity contribution in [2.75, 3.05) is 13.7 Å². The summed E-state index contributed by atoms with van der Waals surface area (Å²) < 4.78 is 5.07. The molecular weight excluding hydrogens is 212 g/mol. The van der Waals surface area contributed by atoms with E-state index in [1.807, 2.05) is 12.3 Å². The Balaban J connectivity index is 2.68. The van der Waals surface area contributed by atoms with Crippen molar-refractivity contribution >= 4 is 17.2 Å². The van der Waals surface area contributed by atoms with Crippen LogP contribution >= 0.6 is 11.3 Å². The van der Waals surface area contributed by atoms with Gasteiger partial charge in [0, 0.05) is 12.6 Å². The van der Waals surface area contributed by atoms with E-state index in [0.29, 0.717) is 17.2 Å². The van der Waals surface area contributed by atoms with Gasteiger partial charge in [0.05, 0.1) is 7.11 Å². The highest BCUT2D eigenvalue weighted by Crippen LogP contribution is 2.24. The van der Waals surface area contributed by atoms with Crippen LogP contribution in [-0.2, 0) is 0 Å². The van der Waals surface area contributed by atoms with Crippen LogP contribution in [0.1, 0.15) is 23.0 Å². The molecular formula is C10H16N2O2S. The molecule has 1 unspecified atom stereocenters. The Morgan fingerprint density at radius 2 is 2.47 bits per heavy atom. The Hall–Kier alpha value is -1.07. The quantitative estimate of drug-likeness (QED) is 0.796. The third-order valence-electron chi connectivity index (χ3n) is 2.17. The van der Waals surface area contributed by atoms with Gasteiger partial charge in [-0.3, -0.25) is 4.79 Å². The molecule has 0 fully saturated rings. The highest BCUT2D eigenvalue weighted by molar-refractivity contribution is 7.12. The molecule has 1 aromatic rings. The molecule has 15 heavy (non-hydrogen) atoms. The Kier molecular flexibility index (Phi) is 4.58. The zero-order valence-electron chi connectivity index (χ0n) is 8.95. The Morgan fingerprint density at radius 1 is 1.73 bits per heavy atom. The summed E-state index contributed by atoms with van der Waals surface area (Å²) in [6.07, 6.45) is 0.829. The Bertz CT molecular complexity index is 321. The number of nitrogens with two attached hydrogens (primary N) is 1. The maximum Gasteiger partial charge on any atom is 0.265 e. The summed E-state index contributed by atoms with van der Waals surface area (Å²) in [6.45, 7) is 2.44. The molecule has 1 atom stereocenters. The highest BCUT2D eigenvalue weighted by atomic mass is 32.1. The van der Waals surface area contributed by atoms with Crippen LogP contribution in [0.4, 0.5) is 0 Å². The fourth-order valence-electron chi connectivity index (χ4n) is 1.20. The van der Waals surface area contributed by atoms with Crippen molar-refractivity contribution in [3.05, 3.63) is 16.3 Å². The molecule has 0 saturated heterocycles. The summed E-state index contributed by atoms with van der Waals surface area (Å²) >= 11 is 1.37. The number of rotatable bonds is 5. The smallest absolute Gasteiger partial charge is 0.265 e. The van der Waals surface area contributed by atoms with Crippen molar-refractivity contribution in [1.29, 1.82) is 0 Å². The van der Waals surface area contributed by atoms with E-state index in [1.165, 1.54) is 11.3 Å². The molecule has 1 heterocycles. The summed E-state index contributed by atoms with van der Waals surface area (Å²) in [5, 5.41) is 4.69. The second-order valence-electron chi connectivity index (χ2n) is 3.13. The van der Waals surface area contributed by atoms with Gasteiger partial charge >= 0.3 is 0 Å². The molecule has 3 N–H and O–H groups in total. The van der Waals surface area contributed by atoms with Gasteiger partial charge in [-0.05, 0) is 17.9 Å². The predicted molar refractivity (Wildman–Crippen MR) is 61.5 cm³/mol. The largest absolute Gasteiger partial charge is 0.495 e. The first-order chi connectivity index (χ1) is 7.22. The van der Waals surface area contributed by atoms with Crippen molar-refractivity contribution in [3.8, 4) is 5.75 Å². The number of nitrogens with one attached hydrogen (secondary N) is 1. The maximum absolute atomic E-state index is 11.8. The Morgan fingerprint density at radius 3 is 3.00 bits per heavy atom. The number of carbonyl (C=O) groups excluding carboxylic acids is 1. The zero-order chi connectivity index (χ0) is 11.3. The van der Waals surface area contributed by atoms with E-state index in [0.717, 1.165) is 6.42 Å². The van der Waals surface area contributed by atoms with Crippen LogP contribution in [0.2, 0.25) is 0 Å². The van der Waals surface area contributed by atoms with Crippen molar-refractivity contribution in [2.45, 2.75) is 19.4 Å². The zero-order valence-corrected chi connectivity index (χ0v) is 9.76. The molecule has 0 spiro atoms. The highest BCUT2D eigenvalue weighted by Gasteiger charge is 2.16. The summed E-state index contributed by atoms with van der Waals surface area (Å²) in [7, 11) is 1.55. The van der Waals surface area contributed by atoms with Crippen molar-refractivity contribution in [3.63, 3.8) is 0 Å². The lowest BCUT2D eigenvalue weighted by atomic mass is 10.2. The minimum absolute atomic E-state index is 0.0318. The van der Waals surface area contributed by atoms with E-state index in [1.54, 1.807) is 13.2 Å². The molecule has 5 heteroatoms. The fraction of sp³-hybridized carbons (Fsp3) is 0.500. The van der Waals surface area contributed by atoms with Crippen molar-refractivity contribution in [1.82, 2.24) is 5.32 Å². The van der Waals surface area contributed by atoms with Crippen LogP contribution in [0, 0.1) is 0 Å². The lowest BCUT2D eigenvalue weighted by molar-refractivity contribution is 0.0938. The molecule has 4 nitrogen and oxygen atoms in total. The van der Waals surface area contributed by atoms with E-state index in [-0.39, 0.29) is 11.9 Å². The molecule has 0 aliphatic carbocycles. The van der Waals surface area contributed by atoms with E-state index in [9.17, 15) is 4.79 Å². The summed E-state index contributed by atoms with van der Waals surface area (Å²) in [5.74, 6) is 0.503. The summed E-state index contributed by atoms with van der Waals surface area (Å²) in [6, 6.07) is 1.81. The SMILES string of the molecule is CCC(CN)NC(=O)c1sccc1OC. The first kappa shape index (κ1) is 12.0. The van der Waals surface area contributed by atoms with Crippen LogP contribution in [-0.4, -0.2) is 25.6 Å². The monoisotopic (exact) mass is 228 g/mol. The molecule has 1 aromatic heterocycles. The average molecular weight is 228 g/mol. The second-order valence-corrected chi connectivity index (χ2v) is 4.05. The molecule has 0 aliphatic rings. The third kappa shape index (κ3) is 2.94. The lowest BCUT2D eigenvalue weighted by Gasteiger charge is -2.14. The fourth-order valence-corrected chi connectivity index (χ4v) is 1.96. The van der Waals surface area contributed by atoms with Crippen LogP contribution < -0.4 is 15.8 Å². The predicted octanol–water partition coefficient (Wildman–Crippen LogP) is 1.22. The number of hydrogen-bond acceptors (Lipinski definition) is 4. The van der Waals surface area contributed by atoms with E-state index < -0.39 is 0 Å². The number of thiophene rings is 1. The number of carbonyl (C=O) groups is 1. The lowest BCUT2D eigenvalue weighted by Crippen LogP contribution is -2.39. The molecule has 0 bridgehead atoms. The van der Waals surface area contributed by atoms with Gasteiger partial charge in [0.1, 0.15) is 10.6 Å². The number of amides is 1. The normalized spacial score (nSPS) is 12.2. The van der Waals surface area contributed by atoms with Gasteiger partial charge in [0.2, 0.25) is 0 Å².